The smallest absolute Gasteiger partial charge is 0.220 e. The van der Waals surface area contributed by atoms with E-state index in [0.717, 1.165) is 0 Å². The number of hydrogen-bond donors (Lipinski definition) is 1. The van der Waals surface area contributed by atoms with Gasteiger partial charge >= 0.3 is 12.4 Å². The highest BCUT2D eigenvalue weighted by Crippen LogP contribution is 2.36. The van der Waals surface area contributed by atoms with E-state index in [1.54, 1.807) is 0 Å². The van der Waals surface area contributed by atoms with E-state index in [1.807, 2.05) is 0 Å². The summed E-state index contributed by atoms with van der Waals surface area (Å²) in [6.45, 7) is 0. The fourth-order valence-corrected chi connectivity index (χ4v) is 1.61. The van der Waals surface area contributed by atoms with Crippen LogP contribution in [0.2, 0.25) is 0 Å². The molecule has 1 rings (SSSR count). The van der Waals surface area contributed by atoms with Gasteiger partial charge in [0.1, 0.15) is 0 Å². The third-order valence-electron chi connectivity index (χ3n) is 1.95. The molecule has 1 aromatic carbocycles. The zero-order chi connectivity index (χ0) is 14.7. The Morgan fingerprint density at radius 2 is 1.42 bits per heavy atom. The van der Waals surface area contributed by atoms with Gasteiger partial charge in [0.25, 0.3) is 0 Å². The summed E-state index contributed by atoms with van der Waals surface area (Å²) in [5.41, 5.74) is -3.10. The third-order valence-corrected chi connectivity index (χ3v) is 2.56. The zero-order valence-electron chi connectivity index (χ0n) is 8.88. The summed E-state index contributed by atoms with van der Waals surface area (Å²) in [6, 6.07) is 1.14. The summed E-state index contributed by atoms with van der Waals surface area (Å²) in [6.07, 6.45) is -9.79. The summed E-state index contributed by atoms with van der Waals surface area (Å²) in [5.74, 6) is -0.368. The summed E-state index contributed by atoms with van der Waals surface area (Å²) in [5, 5.41) is 11.0. The summed E-state index contributed by atoms with van der Waals surface area (Å²) in [7, 11) is 0. The molecule has 0 aliphatic rings. The van der Waals surface area contributed by atoms with Crippen LogP contribution in [-0.2, 0) is 27.5 Å². The molecule has 19 heavy (non-hydrogen) atoms. The van der Waals surface area contributed by atoms with E-state index in [1.165, 1.54) is 0 Å². The normalized spacial score (nSPS) is 12.8. The predicted octanol–water partition coefficient (Wildman–Crippen LogP) is 4.29. The van der Waals surface area contributed by atoms with Crippen molar-refractivity contribution in [3.8, 4) is 0 Å². The second-order valence-corrected chi connectivity index (χ2v) is 3.98. The molecule has 0 spiro atoms. The largest absolute Gasteiger partial charge is 0.416 e. The highest BCUT2D eigenvalue weighted by atomic mass is 32.2. The van der Waals surface area contributed by atoms with Gasteiger partial charge in [-0.3, -0.25) is 0 Å². The Hall–Kier alpha value is -0.970. The molecule has 0 atom stereocenters. The van der Waals surface area contributed by atoms with E-state index in [0.29, 0.717) is 24.2 Å². The van der Waals surface area contributed by atoms with Crippen LogP contribution >= 0.6 is 12.0 Å². The molecule has 0 aliphatic heterocycles. The van der Waals surface area contributed by atoms with Gasteiger partial charge in [0.15, 0.2) is 0 Å². The maximum absolute atomic E-state index is 12.5. The Kier molecular flexibility index (Phi) is 5.07. The molecule has 0 heterocycles. The van der Waals surface area contributed by atoms with E-state index >= 15 is 0 Å². The van der Waals surface area contributed by atoms with Crippen LogP contribution in [0, 0.1) is 0 Å². The fourth-order valence-electron chi connectivity index (χ4n) is 1.22. The fraction of sp³-hybridized carbons (Fsp3) is 0.333. The van der Waals surface area contributed by atoms with Crippen molar-refractivity contribution in [3.63, 3.8) is 0 Å². The Morgan fingerprint density at radius 3 is 1.79 bits per heavy atom. The predicted molar refractivity (Wildman–Crippen MR) is 52.5 cm³/mol. The van der Waals surface area contributed by atoms with Gasteiger partial charge in [-0.25, -0.2) is 5.26 Å². The molecule has 1 aromatic rings. The van der Waals surface area contributed by atoms with Crippen molar-refractivity contribution in [1.29, 1.82) is 0 Å². The van der Waals surface area contributed by atoms with Crippen molar-refractivity contribution in [3.05, 3.63) is 34.9 Å². The Labute approximate surface area is 107 Å². The number of alkyl halides is 6. The molecule has 0 radical (unpaired) electrons. The van der Waals surface area contributed by atoms with E-state index in [2.05, 4.69) is 9.37 Å². The van der Waals surface area contributed by atoms with Crippen LogP contribution in [0.15, 0.2) is 18.2 Å². The van der Waals surface area contributed by atoms with E-state index < -0.39 is 23.5 Å². The minimum Gasteiger partial charge on any atom is -0.220 e. The van der Waals surface area contributed by atoms with E-state index in [9.17, 15) is 26.3 Å². The molecule has 108 valence electrons. The number of halogens is 6. The lowest BCUT2D eigenvalue weighted by atomic mass is 10.1. The topological polar surface area (TPSA) is 38.7 Å². The van der Waals surface area contributed by atoms with Crippen molar-refractivity contribution in [2.75, 3.05) is 0 Å². The Morgan fingerprint density at radius 1 is 0.947 bits per heavy atom. The standard InChI is InChI=1S/C9H6F6O3S/c10-8(11,12)6-1-5(4-19-18-17-16)2-7(3-6)9(13,14)15/h1-3,16H,4H2. The van der Waals surface area contributed by atoms with E-state index in [4.69, 9.17) is 5.26 Å². The van der Waals surface area contributed by atoms with Crippen molar-refractivity contribution < 1.29 is 41.0 Å². The van der Waals surface area contributed by atoms with Gasteiger partial charge in [0.05, 0.1) is 11.1 Å². The SMILES string of the molecule is OOOSCc1cc(C(F)(F)F)cc(C(F)(F)F)c1. The number of rotatable bonds is 4. The first kappa shape index (κ1) is 16.1. The van der Waals surface area contributed by atoms with Gasteiger partial charge in [0, 0.05) is 17.8 Å². The quantitative estimate of drug-likeness (QED) is 0.296. The monoisotopic (exact) mass is 308 g/mol. The van der Waals surface area contributed by atoms with Crippen LogP contribution in [-0.4, -0.2) is 5.26 Å². The van der Waals surface area contributed by atoms with Crippen LogP contribution in [0.1, 0.15) is 16.7 Å². The molecule has 0 aliphatic carbocycles. The molecule has 0 fully saturated rings. The van der Waals surface area contributed by atoms with Crippen LogP contribution in [0.5, 0.6) is 0 Å². The number of benzene rings is 1. The maximum atomic E-state index is 12.5. The van der Waals surface area contributed by atoms with Gasteiger partial charge in [-0.15, -0.1) is 4.33 Å². The van der Waals surface area contributed by atoms with Crippen molar-refractivity contribution >= 4 is 12.0 Å². The summed E-state index contributed by atoms with van der Waals surface area (Å²) < 4.78 is 78.6. The first-order chi connectivity index (χ1) is 8.64. The van der Waals surface area contributed by atoms with Crippen molar-refractivity contribution in [1.82, 2.24) is 0 Å². The lowest BCUT2D eigenvalue weighted by molar-refractivity contribution is -0.432. The Bertz CT molecular complexity index is 399. The molecule has 0 saturated carbocycles. The molecule has 0 unspecified atom stereocenters. The first-order valence-electron chi connectivity index (χ1n) is 4.52. The minimum atomic E-state index is -4.89. The van der Waals surface area contributed by atoms with Gasteiger partial charge in [-0.05, 0) is 23.8 Å². The average molecular weight is 308 g/mol. The van der Waals surface area contributed by atoms with Crippen molar-refractivity contribution in [2.45, 2.75) is 18.1 Å². The highest BCUT2D eigenvalue weighted by Gasteiger charge is 2.36. The highest BCUT2D eigenvalue weighted by molar-refractivity contribution is 7.93. The molecule has 10 heteroatoms. The van der Waals surface area contributed by atoms with Crippen LogP contribution in [0.3, 0.4) is 0 Å². The molecular weight excluding hydrogens is 302 g/mol. The maximum Gasteiger partial charge on any atom is 0.416 e. The van der Waals surface area contributed by atoms with Crippen LogP contribution in [0.4, 0.5) is 26.3 Å². The van der Waals surface area contributed by atoms with Gasteiger partial charge < -0.3 is 0 Å². The second-order valence-electron chi connectivity index (χ2n) is 3.32. The first-order valence-corrected chi connectivity index (χ1v) is 5.43. The van der Waals surface area contributed by atoms with Gasteiger partial charge in [0.2, 0.25) is 0 Å². The summed E-state index contributed by atoms with van der Waals surface area (Å²) in [4.78, 5) is 0. The second kappa shape index (κ2) is 5.99. The van der Waals surface area contributed by atoms with Crippen LogP contribution in [0.25, 0.3) is 0 Å². The van der Waals surface area contributed by atoms with Gasteiger partial charge in [-0.2, -0.15) is 26.3 Å². The van der Waals surface area contributed by atoms with Crippen molar-refractivity contribution in [2.24, 2.45) is 0 Å². The molecular formula is C9H6F6O3S. The molecule has 3 nitrogen and oxygen atoms in total. The van der Waals surface area contributed by atoms with Gasteiger partial charge in [-0.1, -0.05) is 5.04 Å². The molecule has 0 saturated heterocycles. The summed E-state index contributed by atoms with van der Waals surface area (Å²) >= 11 is 0.338. The number of hydrogen-bond acceptors (Lipinski definition) is 4. The van der Waals surface area contributed by atoms with Crippen LogP contribution < -0.4 is 0 Å². The average Bonchev–Trinajstić information content (AvgIpc) is 2.27. The zero-order valence-corrected chi connectivity index (χ0v) is 9.70. The lowest BCUT2D eigenvalue weighted by Crippen LogP contribution is -2.11. The molecule has 0 bridgehead atoms. The van der Waals surface area contributed by atoms with E-state index in [-0.39, 0.29) is 17.4 Å². The lowest BCUT2D eigenvalue weighted by Gasteiger charge is -2.13. The Balaban J connectivity index is 3.10. The molecule has 0 aromatic heterocycles. The molecule has 1 N–H and O–H groups in total. The minimum absolute atomic E-state index is 0.0254. The third kappa shape index (κ3) is 4.90. The molecule has 0 amide bonds.